The second-order valence-corrected chi connectivity index (χ2v) is 7.35. The molecule has 0 amide bonds. The zero-order chi connectivity index (χ0) is 22.9. The summed E-state index contributed by atoms with van der Waals surface area (Å²) in [6.45, 7) is 3.33. The van der Waals surface area contributed by atoms with Crippen LogP contribution in [0.4, 0.5) is 5.82 Å². The Bertz CT molecular complexity index is 1260. The SMILES string of the molecule is CNCc1ncn2ccc(Cl)cc12.CNc1cccc2bc(CN=C/C(C=O)=C\N)cn12. The van der Waals surface area contributed by atoms with E-state index in [-0.39, 0.29) is 0 Å². The third-order valence-corrected chi connectivity index (χ3v) is 4.95. The van der Waals surface area contributed by atoms with E-state index in [1.165, 1.54) is 12.4 Å². The van der Waals surface area contributed by atoms with Crippen LogP contribution >= 0.6 is 11.6 Å². The van der Waals surface area contributed by atoms with E-state index in [4.69, 9.17) is 17.3 Å². The quantitative estimate of drug-likeness (QED) is 0.229. The molecule has 0 aromatic carbocycles. The summed E-state index contributed by atoms with van der Waals surface area (Å²) < 4.78 is 4.02. The zero-order valence-electron chi connectivity index (χ0n) is 18.0. The Balaban J connectivity index is 0.000000193. The number of pyridine rings is 2. The molecule has 164 valence electrons. The Morgan fingerprint density at radius 2 is 2.19 bits per heavy atom. The monoisotopic (exact) mass is 449 g/mol. The Labute approximate surface area is 192 Å². The first kappa shape index (κ1) is 23.2. The van der Waals surface area contributed by atoms with Gasteiger partial charge in [0.15, 0.2) is 0 Å². The van der Waals surface area contributed by atoms with E-state index in [1.54, 1.807) is 6.33 Å². The molecule has 4 aromatic heterocycles. The van der Waals surface area contributed by atoms with Crippen molar-refractivity contribution in [3.63, 3.8) is 0 Å². The predicted molar refractivity (Wildman–Crippen MR) is 132 cm³/mol. The molecule has 4 heterocycles. The van der Waals surface area contributed by atoms with Gasteiger partial charge in [0.05, 0.1) is 17.5 Å². The van der Waals surface area contributed by atoms with Gasteiger partial charge < -0.3 is 9.72 Å². The number of aromatic nitrogens is 3. The minimum absolute atomic E-state index is 0.375. The van der Waals surface area contributed by atoms with Gasteiger partial charge in [-0.15, -0.1) is 0 Å². The van der Waals surface area contributed by atoms with Crippen molar-refractivity contribution in [3.8, 4) is 0 Å². The number of anilines is 1. The number of carbonyl (C=O) groups excluding carboxylic acids is 1. The number of carbonyl (C=O) groups is 1. The van der Waals surface area contributed by atoms with Crippen LogP contribution in [0.25, 0.3) is 10.9 Å². The van der Waals surface area contributed by atoms with Gasteiger partial charge in [-0.25, -0.2) is 4.98 Å². The molecule has 0 spiro atoms. The Morgan fingerprint density at radius 1 is 1.34 bits per heavy atom. The molecule has 0 aliphatic heterocycles. The molecule has 0 bridgehead atoms. The maximum atomic E-state index is 10.6. The van der Waals surface area contributed by atoms with Gasteiger partial charge in [-0.1, -0.05) is 11.6 Å². The molecular formula is C22H25BClN7O. The number of hydrogen-bond acceptors (Lipinski definition) is 6. The van der Waals surface area contributed by atoms with Crippen LogP contribution in [0.1, 0.15) is 11.2 Å². The van der Waals surface area contributed by atoms with Gasteiger partial charge in [0, 0.05) is 17.8 Å². The number of aliphatic imine (C=N–C) groups is 1. The fourth-order valence-electron chi connectivity index (χ4n) is 3.17. The number of nitrogens with one attached hydrogen (secondary N) is 2. The van der Waals surface area contributed by atoms with Gasteiger partial charge in [-0.2, -0.15) is 0 Å². The van der Waals surface area contributed by atoms with Crippen molar-refractivity contribution in [2.45, 2.75) is 13.1 Å². The van der Waals surface area contributed by atoms with Crippen molar-refractivity contribution in [1.29, 1.82) is 0 Å². The standard InChI is InChI=1S/C13H15BN4O.C9H10ClN3/c1-16-13-4-2-3-12-14-11(8-18(12)13)7-17-6-10(5-15)9-19;1-11-5-8-9-4-7(10)2-3-13(9)6-12-8/h2-6,8-9,16H,7,15H2,1H3;2-4,6,11H,5H2,1H3/b10-5+,17-6?;. The van der Waals surface area contributed by atoms with Crippen LogP contribution in [-0.4, -0.2) is 47.3 Å². The molecule has 32 heavy (non-hydrogen) atoms. The van der Waals surface area contributed by atoms with Gasteiger partial charge >= 0.3 is 111 Å². The third kappa shape index (κ3) is 5.63. The van der Waals surface area contributed by atoms with Crippen LogP contribution in [0.5, 0.6) is 0 Å². The third-order valence-electron chi connectivity index (χ3n) is 4.71. The predicted octanol–water partition coefficient (Wildman–Crippen LogP) is 2.64. The van der Waals surface area contributed by atoms with Crippen LogP contribution in [-0.2, 0) is 17.9 Å². The number of allylic oxidation sites excluding steroid dienone is 1. The average molecular weight is 450 g/mol. The molecule has 0 unspecified atom stereocenters. The van der Waals surface area contributed by atoms with Crippen LogP contribution < -0.4 is 16.4 Å². The number of halogens is 1. The second-order valence-electron chi connectivity index (χ2n) is 6.92. The average Bonchev–Trinajstić information content (AvgIpc) is 3.41. The topological polar surface area (TPSA) is 101 Å². The normalized spacial score (nSPS) is 11.5. The van der Waals surface area contributed by atoms with E-state index in [0.29, 0.717) is 18.4 Å². The van der Waals surface area contributed by atoms with Crippen LogP contribution in [0.2, 0.25) is 5.02 Å². The molecular weight excluding hydrogens is 425 g/mol. The Morgan fingerprint density at radius 3 is 2.91 bits per heavy atom. The first-order valence-electron chi connectivity index (χ1n) is 10.00. The first-order valence-corrected chi connectivity index (χ1v) is 10.4. The van der Waals surface area contributed by atoms with Gasteiger partial charge in [0.2, 0.25) is 0 Å². The fourth-order valence-corrected chi connectivity index (χ4v) is 3.33. The molecule has 0 radical (unpaired) electrons. The van der Waals surface area contributed by atoms with Gasteiger partial charge in [-0.3, -0.25) is 0 Å². The molecule has 0 fully saturated rings. The summed E-state index contributed by atoms with van der Waals surface area (Å²) in [6.07, 6.45) is 9.12. The van der Waals surface area contributed by atoms with Crippen molar-refractivity contribution in [2.24, 2.45) is 10.7 Å². The van der Waals surface area contributed by atoms with E-state index in [0.717, 1.165) is 39.5 Å². The number of nitrogens with two attached hydrogens (primary N) is 1. The van der Waals surface area contributed by atoms with Crippen LogP contribution in [0.15, 0.2) is 65.8 Å². The number of fused-ring (bicyclic) bond motifs is 2. The van der Waals surface area contributed by atoms with Gasteiger partial charge in [0.25, 0.3) is 0 Å². The summed E-state index contributed by atoms with van der Waals surface area (Å²) in [7, 11) is 3.78. The van der Waals surface area contributed by atoms with Crippen molar-refractivity contribution >= 4 is 47.8 Å². The Hall–Kier alpha value is -3.43. The summed E-state index contributed by atoms with van der Waals surface area (Å²) in [5, 5.41) is 6.93. The van der Waals surface area contributed by atoms with Crippen molar-refractivity contribution < 1.29 is 4.79 Å². The maximum absolute atomic E-state index is 10.6. The van der Waals surface area contributed by atoms with Crippen molar-refractivity contribution in [2.75, 3.05) is 19.4 Å². The number of aldehydes is 1. The van der Waals surface area contributed by atoms with E-state index < -0.39 is 0 Å². The molecule has 0 saturated heterocycles. The summed E-state index contributed by atoms with van der Waals surface area (Å²) >= 11 is 5.89. The summed E-state index contributed by atoms with van der Waals surface area (Å²) in [5.41, 5.74) is 9.89. The summed E-state index contributed by atoms with van der Waals surface area (Å²) in [5.74, 6) is 1.02. The molecule has 0 saturated carbocycles. The fraction of sp³-hybridized carbons (Fsp3) is 0.182. The minimum atomic E-state index is 0.375. The van der Waals surface area contributed by atoms with Gasteiger partial charge in [0.1, 0.15) is 0 Å². The van der Waals surface area contributed by atoms with E-state index in [2.05, 4.69) is 31.9 Å². The molecule has 0 atom stereocenters. The van der Waals surface area contributed by atoms with Crippen LogP contribution in [0, 0.1) is 0 Å². The number of rotatable bonds is 7. The molecule has 10 heteroatoms. The van der Waals surface area contributed by atoms with Crippen LogP contribution in [0.3, 0.4) is 0 Å². The summed E-state index contributed by atoms with van der Waals surface area (Å²) in [6, 6.07) is 9.79. The molecule has 4 aromatic rings. The molecule has 4 N–H and O–H groups in total. The number of nitrogens with zero attached hydrogens (tertiary/aromatic N) is 4. The van der Waals surface area contributed by atoms with Gasteiger partial charge in [-0.05, 0) is 19.2 Å². The molecule has 0 aliphatic carbocycles. The van der Waals surface area contributed by atoms with E-state index in [9.17, 15) is 4.79 Å². The number of imidazole rings is 1. The number of hydrogen-bond donors (Lipinski definition) is 3. The molecule has 4 rings (SSSR count). The molecule has 8 nitrogen and oxygen atoms in total. The Kier molecular flexibility index (Phi) is 8.18. The molecule has 0 aliphatic rings. The summed E-state index contributed by atoms with van der Waals surface area (Å²) in [4.78, 5) is 19.0. The van der Waals surface area contributed by atoms with Crippen molar-refractivity contribution in [1.82, 2.24) is 19.1 Å². The first-order chi connectivity index (χ1) is 15.6. The van der Waals surface area contributed by atoms with Crippen molar-refractivity contribution in [3.05, 3.63) is 77.0 Å². The van der Waals surface area contributed by atoms with E-state index >= 15 is 0 Å². The van der Waals surface area contributed by atoms with E-state index in [1.807, 2.05) is 61.2 Å². The zero-order valence-corrected chi connectivity index (χ0v) is 18.8. The second kappa shape index (κ2) is 11.3.